The van der Waals surface area contributed by atoms with Crippen LogP contribution < -0.4 is 25.1 Å². The van der Waals surface area contributed by atoms with Gasteiger partial charge in [-0.3, -0.25) is 14.4 Å². The number of amides is 2. The van der Waals surface area contributed by atoms with Crippen LogP contribution in [0.25, 0.3) is 27.3 Å². The van der Waals surface area contributed by atoms with Crippen molar-refractivity contribution in [2.24, 2.45) is 7.05 Å². The monoisotopic (exact) mass is 794 g/mol. The van der Waals surface area contributed by atoms with Crippen LogP contribution in [-0.2, 0) is 24.8 Å². The summed E-state index contributed by atoms with van der Waals surface area (Å²) in [7, 11) is 8.93. The van der Waals surface area contributed by atoms with Gasteiger partial charge < -0.3 is 33.9 Å². The smallest absolute Gasteiger partial charge is 0.265 e. The number of hydrogen-bond donors (Lipinski definition) is 1. The van der Waals surface area contributed by atoms with Gasteiger partial charge in [-0.2, -0.15) is 5.26 Å². The summed E-state index contributed by atoms with van der Waals surface area (Å²) < 4.78 is 19.8. The lowest BCUT2D eigenvalue weighted by Crippen LogP contribution is -2.39. The lowest BCUT2D eigenvalue weighted by molar-refractivity contribution is -0.129. The molecular weight excluding hydrogens is 749 g/mol. The number of fused-ring (bicyclic) bond motifs is 2. The van der Waals surface area contributed by atoms with E-state index in [0.29, 0.717) is 59.4 Å². The van der Waals surface area contributed by atoms with Gasteiger partial charge in [0.25, 0.3) is 17.4 Å². The molecule has 0 saturated heterocycles. The second-order valence-electron chi connectivity index (χ2n) is 13.9. The number of carbonyl (C=O) groups is 2. The number of benzene rings is 2. The van der Waals surface area contributed by atoms with Crippen molar-refractivity contribution in [1.29, 1.82) is 5.26 Å². The Balaban J connectivity index is 1.01. The fourth-order valence-corrected chi connectivity index (χ4v) is 8.63. The maximum Gasteiger partial charge on any atom is 0.265 e. The Bertz CT molecular complexity index is 2330. The maximum atomic E-state index is 13.3. The zero-order chi connectivity index (χ0) is 39.9. The van der Waals surface area contributed by atoms with E-state index in [1.54, 1.807) is 55.3 Å². The highest BCUT2D eigenvalue weighted by atomic mass is 32.1. The minimum atomic E-state index is -0.290. The van der Waals surface area contributed by atoms with Crippen LogP contribution in [0, 0.1) is 11.3 Å². The third kappa shape index (κ3) is 8.81. The maximum absolute atomic E-state index is 13.3. The topological polar surface area (TPSA) is 139 Å². The van der Waals surface area contributed by atoms with Crippen LogP contribution in [0.3, 0.4) is 0 Å². The van der Waals surface area contributed by atoms with Crippen molar-refractivity contribution in [1.82, 2.24) is 24.7 Å². The Morgan fingerprint density at radius 2 is 1.88 bits per heavy atom. The van der Waals surface area contributed by atoms with E-state index >= 15 is 0 Å². The zero-order valence-electron chi connectivity index (χ0n) is 32.5. The number of carbonyl (C=O) groups excluding carboxylic acids is 2. The summed E-state index contributed by atoms with van der Waals surface area (Å²) in [5, 5.41) is 15.6. The van der Waals surface area contributed by atoms with Gasteiger partial charge in [-0.1, -0.05) is 6.07 Å². The van der Waals surface area contributed by atoms with Crippen LogP contribution in [0.1, 0.15) is 63.6 Å². The van der Waals surface area contributed by atoms with E-state index in [1.807, 2.05) is 67.7 Å². The first-order valence-electron chi connectivity index (χ1n) is 18.4. The number of pyridine rings is 1. The van der Waals surface area contributed by atoms with E-state index in [2.05, 4.69) is 10.3 Å². The molecule has 0 spiro atoms. The number of hydrogen-bond acceptors (Lipinski definition) is 11. The summed E-state index contributed by atoms with van der Waals surface area (Å²) in [6, 6.07) is 13.4. The van der Waals surface area contributed by atoms with Crippen LogP contribution in [0.5, 0.6) is 17.2 Å². The zero-order valence-corrected chi connectivity index (χ0v) is 34.1. The van der Waals surface area contributed by atoms with Gasteiger partial charge >= 0.3 is 0 Å². The number of rotatable bonds is 15. The predicted octanol–water partition coefficient (Wildman–Crippen LogP) is 6.83. The van der Waals surface area contributed by atoms with Crippen molar-refractivity contribution in [3.8, 4) is 34.4 Å². The molecule has 2 aromatic carbocycles. The molecule has 1 atom stereocenters. The average molecular weight is 795 g/mol. The largest absolute Gasteiger partial charge is 0.496 e. The number of thiophene rings is 1. The average Bonchev–Trinajstić information content (AvgIpc) is 3.89. The van der Waals surface area contributed by atoms with Crippen molar-refractivity contribution in [2.45, 2.75) is 45.2 Å². The summed E-state index contributed by atoms with van der Waals surface area (Å²) in [6.07, 6.45) is 8.12. The number of nitriles is 1. The quantitative estimate of drug-likeness (QED) is 0.0686. The number of ether oxygens (including phenoxy) is 3. The number of nitrogens with one attached hydrogen (secondary N) is 1. The van der Waals surface area contributed by atoms with Crippen LogP contribution in [0.15, 0.2) is 64.5 Å². The van der Waals surface area contributed by atoms with Gasteiger partial charge in [0.05, 0.1) is 42.7 Å². The van der Waals surface area contributed by atoms with E-state index in [1.165, 1.54) is 22.7 Å². The molecule has 5 aromatic rings. The van der Waals surface area contributed by atoms with E-state index in [9.17, 15) is 19.6 Å². The minimum absolute atomic E-state index is 0.0806. The third-order valence-electron chi connectivity index (χ3n) is 9.83. The normalized spacial score (nSPS) is 14.1. The molecule has 1 N–H and O–H groups in total. The Hall–Kier alpha value is -5.49. The van der Waals surface area contributed by atoms with Gasteiger partial charge in [-0.05, 0) is 99.8 Å². The molecule has 0 radical (unpaired) electrons. The standard InChI is InChI=1S/C42H46N6O6S2/c1-26-31-11-10-30(18-27(31)12-15-48(26)41(50)29(23-43)21-38-44-14-17-55-38)54-16-9-7-8-13-45-40(49)37-22-32-39(56-37)33(25-47(4)42(32)51)28-19-35(52-5)34(24-46(2)3)36(20-28)53-6/h10-11,14,17-22,25-26H,7-9,12-13,15-16,24H2,1-6H3,(H,45,49). The molecule has 3 aromatic heterocycles. The van der Waals surface area contributed by atoms with Crippen molar-refractivity contribution >= 4 is 50.7 Å². The first kappa shape index (κ1) is 40.2. The first-order chi connectivity index (χ1) is 27.0. The summed E-state index contributed by atoms with van der Waals surface area (Å²) in [4.78, 5) is 48.1. The van der Waals surface area contributed by atoms with Crippen LogP contribution in [0.4, 0.5) is 0 Å². The number of nitrogens with zero attached hydrogens (tertiary/aromatic N) is 5. The number of thiazole rings is 1. The Labute approximate surface area is 334 Å². The van der Waals surface area contributed by atoms with Gasteiger partial charge in [0.1, 0.15) is 33.9 Å². The lowest BCUT2D eigenvalue weighted by Gasteiger charge is -2.35. The van der Waals surface area contributed by atoms with E-state index in [4.69, 9.17) is 14.2 Å². The van der Waals surface area contributed by atoms with Crippen LogP contribution in [0.2, 0.25) is 0 Å². The minimum Gasteiger partial charge on any atom is -0.496 e. The van der Waals surface area contributed by atoms with Gasteiger partial charge in [0.15, 0.2) is 0 Å². The van der Waals surface area contributed by atoms with Gasteiger partial charge in [-0.15, -0.1) is 22.7 Å². The SMILES string of the molecule is COc1cc(-c2cn(C)c(=O)c3cc(C(=O)NCCCCCOc4ccc5c(c4)CCN(C(=O)C(C#N)=Cc4nccs4)C5C)sc23)cc(OC)c1CN(C)C. The molecule has 6 rings (SSSR count). The van der Waals surface area contributed by atoms with E-state index < -0.39 is 0 Å². The molecule has 56 heavy (non-hydrogen) atoms. The second-order valence-corrected chi connectivity index (χ2v) is 15.9. The molecule has 0 saturated carbocycles. The Morgan fingerprint density at radius 3 is 2.55 bits per heavy atom. The molecule has 14 heteroatoms. The van der Waals surface area contributed by atoms with Crippen LogP contribution in [-0.4, -0.2) is 79.2 Å². The lowest BCUT2D eigenvalue weighted by atomic mass is 9.92. The van der Waals surface area contributed by atoms with Crippen molar-refractivity contribution in [3.63, 3.8) is 0 Å². The molecule has 1 unspecified atom stereocenters. The van der Waals surface area contributed by atoms with E-state index in [0.717, 1.165) is 57.5 Å². The molecule has 0 fully saturated rings. The summed E-state index contributed by atoms with van der Waals surface area (Å²) in [5.74, 6) is 1.64. The molecule has 4 heterocycles. The summed E-state index contributed by atoms with van der Waals surface area (Å²) >= 11 is 2.68. The van der Waals surface area contributed by atoms with Gasteiger partial charge in [0, 0.05) is 54.7 Å². The van der Waals surface area contributed by atoms with Gasteiger partial charge in [0.2, 0.25) is 0 Å². The number of aromatic nitrogens is 2. The molecular formula is C42H46N6O6S2. The van der Waals surface area contributed by atoms with Gasteiger partial charge in [-0.25, -0.2) is 4.98 Å². The highest BCUT2D eigenvalue weighted by molar-refractivity contribution is 7.21. The fraction of sp³-hybridized carbons (Fsp3) is 0.357. The molecule has 2 amide bonds. The Morgan fingerprint density at radius 1 is 1.11 bits per heavy atom. The Kier molecular flexibility index (Phi) is 12.9. The predicted molar refractivity (Wildman–Crippen MR) is 221 cm³/mol. The van der Waals surface area contributed by atoms with Crippen molar-refractivity contribution in [2.75, 3.05) is 48.0 Å². The van der Waals surface area contributed by atoms with Crippen LogP contribution >= 0.6 is 22.7 Å². The summed E-state index contributed by atoms with van der Waals surface area (Å²) in [6.45, 7) is 4.15. The fourth-order valence-electron chi connectivity index (χ4n) is 6.96. The van der Waals surface area contributed by atoms with Crippen molar-refractivity contribution < 1.29 is 23.8 Å². The number of unbranched alkanes of at least 4 members (excludes halogenated alkanes) is 2. The second kappa shape index (κ2) is 18.0. The number of aryl methyl sites for hydroxylation is 1. The molecule has 1 aliphatic heterocycles. The molecule has 12 nitrogen and oxygen atoms in total. The summed E-state index contributed by atoms with van der Waals surface area (Å²) in [5.41, 5.74) is 4.65. The number of methoxy groups -OCH3 is 2. The third-order valence-corrected chi connectivity index (χ3v) is 11.7. The van der Waals surface area contributed by atoms with Crippen molar-refractivity contribution in [3.05, 3.63) is 96.7 Å². The molecule has 1 aliphatic rings. The first-order valence-corrected chi connectivity index (χ1v) is 20.1. The molecule has 0 bridgehead atoms. The van der Waals surface area contributed by atoms with E-state index in [-0.39, 0.29) is 29.0 Å². The highest BCUT2D eigenvalue weighted by Gasteiger charge is 2.30. The molecule has 0 aliphatic carbocycles. The molecule has 292 valence electrons. The highest BCUT2D eigenvalue weighted by Crippen LogP contribution is 2.40.